The van der Waals surface area contributed by atoms with E-state index in [2.05, 4.69) is 12.1 Å². The molecular formula is C16H25NO2. The Labute approximate surface area is 116 Å². The second kappa shape index (κ2) is 6.80. The van der Waals surface area contributed by atoms with Crippen molar-refractivity contribution in [2.24, 2.45) is 11.7 Å². The Bertz CT molecular complexity index is 400. The third-order valence-electron chi connectivity index (χ3n) is 3.35. The lowest BCUT2D eigenvalue weighted by atomic mass is 10.1. The van der Waals surface area contributed by atoms with E-state index in [9.17, 15) is 0 Å². The van der Waals surface area contributed by atoms with Crippen LogP contribution >= 0.6 is 0 Å². The molecule has 3 heteroatoms. The topological polar surface area (TPSA) is 44.5 Å². The molecule has 0 bridgehead atoms. The van der Waals surface area contributed by atoms with Gasteiger partial charge in [0, 0.05) is 6.04 Å². The fourth-order valence-corrected chi connectivity index (χ4v) is 2.18. The maximum Gasteiger partial charge on any atom is 0.161 e. The molecule has 0 spiro atoms. The van der Waals surface area contributed by atoms with Crippen molar-refractivity contribution >= 4 is 0 Å². The quantitative estimate of drug-likeness (QED) is 0.783. The van der Waals surface area contributed by atoms with Crippen molar-refractivity contribution in [3.8, 4) is 11.5 Å². The molecule has 0 aliphatic heterocycles. The minimum absolute atomic E-state index is 0.163. The van der Waals surface area contributed by atoms with Crippen molar-refractivity contribution in [1.29, 1.82) is 0 Å². The van der Waals surface area contributed by atoms with Crippen LogP contribution in [0.4, 0.5) is 0 Å². The number of hydrogen-bond acceptors (Lipinski definition) is 3. The summed E-state index contributed by atoms with van der Waals surface area (Å²) < 4.78 is 11.5. The first-order valence-corrected chi connectivity index (χ1v) is 7.33. The summed E-state index contributed by atoms with van der Waals surface area (Å²) in [7, 11) is 0. The van der Waals surface area contributed by atoms with Crippen LogP contribution in [0.1, 0.15) is 38.7 Å². The second-order valence-electron chi connectivity index (χ2n) is 5.48. The van der Waals surface area contributed by atoms with Crippen molar-refractivity contribution in [3.05, 3.63) is 23.8 Å². The molecule has 1 aromatic carbocycles. The minimum Gasteiger partial charge on any atom is -0.490 e. The largest absolute Gasteiger partial charge is 0.490 e. The van der Waals surface area contributed by atoms with Gasteiger partial charge in [-0.25, -0.2) is 0 Å². The predicted octanol–water partition coefficient (Wildman–Crippen LogP) is 3.15. The standard InChI is InChI=1S/C16H25NO2/c1-3-18-16-11-14(10-12(2)17)6-7-15(16)19-9-8-13-4-5-13/h6-7,11-13H,3-5,8-10,17H2,1-2H3. The summed E-state index contributed by atoms with van der Waals surface area (Å²) in [4.78, 5) is 0. The van der Waals surface area contributed by atoms with Crippen LogP contribution in [0.5, 0.6) is 11.5 Å². The predicted molar refractivity (Wildman–Crippen MR) is 77.8 cm³/mol. The first kappa shape index (κ1) is 14.2. The molecule has 0 amide bonds. The van der Waals surface area contributed by atoms with Crippen LogP contribution < -0.4 is 15.2 Å². The highest BCUT2D eigenvalue weighted by molar-refractivity contribution is 5.43. The molecule has 1 aliphatic carbocycles. The second-order valence-corrected chi connectivity index (χ2v) is 5.48. The summed E-state index contributed by atoms with van der Waals surface area (Å²) in [5, 5.41) is 0. The summed E-state index contributed by atoms with van der Waals surface area (Å²) in [5.41, 5.74) is 7.04. The van der Waals surface area contributed by atoms with Gasteiger partial charge in [-0.1, -0.05) is 18.9 Å². The third kappa shape index (κ3) is 4.75. The molecule has 0 saturated heterocycles. The molecule has 2 rings (SSSR count). The average molecular weight is 263 g/mol. The Morgan fingerprint density at radius 3 is 2.68 bits per heavy atom. The van der Waals surface area contributed by atoms with Crippen LogP contribution in [0.15, 0.2) is 18.2 Å². The van der Waals surface area contributed by atoms with Gasteiger partial charge < -0.3 is 15.2 Å². The fraction of sp³-hybridized carbons (Fsp3) is 0.625. The lowest BCUT2D eigenvalue weighted by molar-refractivity contribution is 0.268. The van der Waals surface area contributed by atoms with Crippen molar-refractivity contribution in [2.45, 2.75) is 45.6 Å². The van der Waals surface area contributed by atoms with E-state index in [1.807, 2.05) is 19.9 Å². The Kier molecular flexibility index (Phi) is 5.08. The molecule has 0 radical (unpaired) electrons. The highest BCUT2D eigenvalue weighted by Crippen LogP contribution is 2.34. The van der Waals surface area contributed by atoms with Crippen LogP contribution in [-0.4, -0.2) is 19.3 Å². The number of hydrogen-bond donors (Lipinski definition) is 1. The van der Waals surface area contributed by atoms with Crippen molar-refractivity contribution < 1.29 is 9.47 Å². The van der Waals surface area contributed by atoms with Gasteiger partial charge in [-0.3, -0.25) is 0 Å². The third-order valence-corrected chi connectivity index (χ3v) is 3.35. The van der Waals surface area contributed by atoms with Gasteiger partial charge in [-0.15, -0.1) is 0 Å². The van der Waals surface area contributed by atoms with Crippen molar-refractivity contribution in [2.75, 3.05) is 13.2 Å². The lowest BCUT2D eigenvalue weighted by Crippen LogP contribution is -2.17. The van der Waals surface area contributed by atoms with Gasteiger partial charge in [-0.2, -0.15) is 0 Å². The van der Waals surface area contributed by atoms with Gasteiger partial charge in [0.25, 0.3) is 0 Å². The highest BCUT2D eigenvalue weighted by Gasteiger charge is 2.21. The van der Waals surface area contributed by atoms with Gasteiger partial charge >= 0.3 is 0 Å². The zero-order valence-corrected chi connectivity index (χ0v) is 12.0. The Morgan fingerprint density at radius 1 is 1.26 bits per heavy atom. The van der Waals surface area contributed by atoms with E-state index in [0.717, 1.165) is 36.9 Å². The van der Waals surface area contributed by atoms with Crippen LogP contribution in [0.3, 0.4) is 0 Å². The number of rotatable bonds is 8. The molecular weight excluding hydrogens is 238 g/mol. The molecule has 19 heavy (non-hydrogen) atoms. The summed E-state index contributed by atoms with van der Waals surface area (Å²) in [6.07, 6.45) is 4.76. The van der Waals surface area contributed by atoms with E-state index in [1.165, 1.54) is 18.4 Å². The molecule has 1 saturated carbocycles. The Hall–Kier alpha value is -1.22. The summed E-state index contributed by atoms with van der Waals surface area (Å²) in [6.45, 7) is 5.45. The maximum absolute atomic E-state index is 5.84. The first-order valence-electron chi connectivity index (χ1n) is 7.33. The molecule has 3 nitrogen and oxygen atoms in total. The van der Waals surface area contributed by atoms with Crippen molar-refractivity contribution in [3.63, 3.8) is 0 Å². The Morgan fingerprint density at radius 2 is 2.05 bits per heavy atom. The molecule has 1 atom stereocenters. The van der Waals surface area contributed by atoms with Gasteiger partial charge in [0.05, 0.1) is 13.2 Å². The molecule has 0 aromatic heterocycles. The zero-order chi connectivity index (χ0) is 13.7. The SMILES string of the molecule is CCOc1cc(CC(C)N)ccc1OCCC1CC1. The van der Waals surface area contributed by atoms with E-state index in [4.69, 9.17) is 15.2 Å². The van der Waals surface area contributed by atoms with Gasteiger partial charge in [0.15, 0.2) is 11.5 Å². The monoisotopic (exact) mass is 263 g/mol. The molecule has 2 N–H and O–H groups in total. The average Bonchev–Trinajstić information content (AvgIpc) is 3.15. The molecule has 1 unspecified atom stereocenters. The first-order chi connectivity index (χ1) is 9.19. The lowest BCUT2D eigenvalue weighted by Gasteiger charge is -2.14. The Balaban J connectivity index is 1.98. The number of benzene rings is 1. The van der Waals surface area contributed by atoms with Crippen LogP contribution in [0.25, 0.3) is 0 Å². The van der Waals surface area contributed by atoms with Gasteiger partial charge in [0.1, 0.15) is 0 Å². The summed E-state index contributed by atoms with van der Waals surface area (Å²) in [6, 6.07) is 6.31. The highest BCUT2D eigenvalue weighted by atomic mass is 16.5. The smallest absolute Gasteiger partial charge is 0.161 e. The molecule has 1 aliphatic rings. The van der Waals surface area contributed by atoms with E-state index in [0.29, 0.717) is 6.61 Å². The van der Waals surface area contributed by atoms with E-state index in [1.54, 1.807) is 0 Å². The number of ether oxygens (including phenoxy) is 2. The van der Waals surface area contributed by atoms with E-state index in [-0.39, 0.29) is 6.04 Å². The zero-order valence-electron chi connectivity index (χ0n) is 12.0. The van der Waals surface area contributed by atoms with Crippen molar-refractivity contribution in [1.82, 2.24) is 0 Å². The normalized spacial score (nSPS) is 16.2. The maximum atomic E-state index is 5.84. The molecule has 1 aromatic rings. The van der Waals surface area contributed by atoms with Crippen LogP contribution in [0.2, 0.25) is 0 Å². The minimum atomic E-state index is 0.163. The molecule has 106 valence electrons. The van der Waals surface area contributed by atoms with Crippen LogP contribution in [0, 0.1) is 5.92 Å². The molecule has 1 fully saturated rings. The van der Waals surface area contributed by atoms with E-state index >= 15 is 0 Å². The summed E-state index contributed by atoms with van der Waals surface area (Å²) >= 11 is 0. The summed E-state index contributed by atoms with van der Waals surface area (Å²) in [5.74, 6) is 2.60. The van der Waals surface area contributed by atoms with E-state index < -0.39 is 0 Å². The fourth-order valence-electron chi connectivity index (χ4n) is 2.18. The molecule has 0 heterocycles. The number of nitrogens with two attached hydrogens (primary N) is 1. The van der Waals surface area contributed by atoms with Gasteiger partial charge in [0.2, 0.25) is 0 Å². The van der Waals surface area contributed by atoms with Gasteiger partial charge in [-0.05, 0) is 50.3 Å². The van der Waals surface area contributed by atoms with Crippen LogP contribution in [-0.2, 0) is 6.42 Å².